The molecule has 0 radical (unpaired) electrons. The quantitative estimate of drug-likeness (QED) is 0.174. The predicted molar refractivity (Wildman–Crippen MR) is 210 cm³/mol. The summed E-state index contributed by atoms with van der Waals surface area (Å²) in [5.74, 6) is 1.77. The van der Waals surface area contributed by atoms with Gasteiger partial charge in [0.05, 0.1) is 10.4 Å². The van der Waals surface area contributed by atoms with Crippen LogP contribution in [0.25, 0.3) is 74.4 Å². The predicted octanol–water partition coefficient (Wildman–Crippen LogP) is 13.9. The van der Waals surface area contributed by atoms with E-state index >= 15 is 0 Å². The molecule has 0 saturated carbocycles. The fourth-order valence-electron chi connectivity index (χ4n) is 8.03. The second-order valence-corrected chi connectivity index (χ2v) is 13.9. The minimum atomic E-state index is 0.860. The molecule has 11 rings (SSSR count). The average Bonchev–Trinajstić information content (AvgIpc) is 3.57. The number of para-hydroxylation sites is 2. The summed E-state index contributed by atoms with van der Waals surface area (Å²) in [4.78, 5) is 2.40. The van der Waals surface area contributed by atoms with E-state index in [4.69, 9.17) is 4.74 Å². The third-order valence-corrected chi connectivity index (χ3v) is 11.4. The van der Waals surface area contributed by atoms with E-state index in [0.717, 1.165) is 33.9 Å². The zero-order valence-corrected chi connectivity index (χ0v) is 27.2. The van der Waals surface area contributed by atoms with Gasteiger partial charge in [-0.3, -0.25) is 0 Å². The lowest BCUT2D eigenvalue weighted by Crippen LogP contribution is -2.16. The average molecular weight is 642 g/mol. The number of benzene rings is 9. The van der Waals surface area contributed by atoms with Crippen molar-refractivity contribution in [3.05, 3.63) is 164 Å². The largest absolute Gasteiger partial charge is 0.452 e. The Morgan fingerprint density at radius 3 is 1.71 bits per heavy atom. The van der Waals surface area contributed by atoms with Gasteiger partial charge in [0, 0.05) is 26.5 Å². The van der Waals surface area contributed by atoms with Crippen LogP contribution in [0.3, 0.4) is 0 Å². The topological polar surface area (TPSA) is 12.5 Å². The van der Waals surface area contributed by atoms with Crippen molar-refractivity contribution >= 4 is 91.7 Å². The van der Waals surface area contributed by atoms with Crippen molar-refractivity contribution < 1.29 is 4.74 Å². The maximum absolute atomic E-state index is 6.81. The van der Waals surface area contributed by atoms with E-state index in [2.05, 4.69) is 169 Å². The molecule has 2 heterocycles. The van der Waals surface area contributed by atoms with Crippen molar-refractivity contribution in [3.63, 3.8) is 0 Å². The molecular formula is C46H27NOS. The van der Waals surface area contributed by atoms with Crippen molar-refractivity contribution in [2.24, 2.45) is 0 Å². The van der Waals surface area contributed by atoms with Crippen LogP contribution in [0.15, 0.2) is 164 Å². The van der Waals surface area contributed by atoms with E-state index in [1.807, 2.05) is 11.3 Å². The maximum atomic E-state index is 6.81. The van der Waals surface area contributed by atoms with E-state index in [9.17, 15) is 0 Å². The lowest BCUT2D eigenvalue weighted by atomic mass is 9.92. The molecule has 0 saturated heterocycles. The number of thiophene rings is 1. The molecule has 1 aromatic heterocycles. The molecule has 9 aromatic carbocycles. The SMILES string of the molecule is c1ccc2c(c1)Oc1c(c3sc4ccccc4c3c3ccccc13)N2c1ccc(-c2ccc3c4ccccc4c4ccccc4c3c2)cc1. The molecule has 1 aliphatic rings. The summed E-state index contributed by atoms with van der Waals surface area (Å²) in [5.41, 5.74) is 5.65. The first kappa shape index (κ1) is 26.9. The van der Waals surface area contributed by atoms with Crippen molar-refractivity contribution in [2.45, 2.75) is 0 Å². The van der Waals surface area contributed by atoms with Gasteiger partial charge in [-0.25, -0.2) is 0 Å². The number of rotatable bonds is 2. The minimum Gasteiger partial charge on any atom is -0.452 e. The van der Waals surface area contributed by atoms with E-state index < -0.39 is 0 Å². The van der Waals surface area contributed by atoms with E-state index in [1.54, 1.807) is 0 Å². The summed E-state index contributed by atoms with van der Waals surface area (Å²) < 4.78 is 9.33. The molecule has 0 fully saturated rings. The fraction of sp³-hybridized carbons (Fsp3) is 0. The Labute approximate surface area is 286 Å². The molecule has 0 spiro atoms. The third kappa shape index (κ3) is 3.82. The number of ether oxygens (including phenoxy) is 1. The lowest BCUT2D eigenvalue weighted by Gasteiger charge is -2.34. The number of hydrogen-bond donors (Lipinski definition) is 0. The molecule has 0 amide bonds. The molecule has 0 atom stereocenters. The normalized spacial score (nSPS) is 12.6. The van der Waals surface area contributed by atoms with Crippen LogP contribution in [0.4, 0.5) is 17.1 Å². The van der Waals surface area contributed by atoms with E-state index in [-0.39, 0.29) is 0 Å². The molecule has 10 aromatic rings. The molecular weight excluding hydrogens is 615 g/mol. The highest BCUT2D eigenvalue weighted by molar-refractivity contribution is 7.26. The van der Waals surface area contributed by atoms with E-state index in [1.165, 1.54) is 69.0 Å². The zero-order chi connectivity index (χ0) is 32.1. The highest BCUT2D eigenvalue weighted by Gasteiger charge is 2.31. The molecule has 49 heavy (non-hydrogen) atoms. The first-order valence-electron chi connectivity index (χ1n) is 16.7. The van der Waals surface area contributed by atoms with Crippen LogP contribution in [0.1, 0.15) is 0 Å². The smallest absolute Gasteiger partial charge is 0.160 e. The van der Waals surface area contributed by atoms with Crippen molar-refractivity contribution in [3.8, 4) is 22.6 Å². The monoisotopic (exact) mass is 641 g/mol. The van der Waals surface area contributed by atoms with Gasteiger partial charge in [-0.15, -0.1) is 11.3 Å². The van der Waals surface area contributed by atoms with Gasteiger partial charge in [-0.1, -0.05) is 127 Å². The van der Waals surface area contributed by atoms with Gasteiger partial charge in [0.2, 0.25) is 0 Å². The van der Waals surface area contributed by atoms with Crippen LogP contribution in [0.5, 0.6) is 11.5 Å². The summed E-state index contributed by atoms with van der Waals surface area (Å²) in [6.45, 7) is 0. The van der Waals surface area contributed by atoms with Crippen LogP contribution >= 0.6 is 11.3 Å². The van der Waals surface area contributed by atoms with Crippen LogP contribution in [-0.2, 0) is 0 Å². The first-order chi connectivity index (χ1) is 24.3. The van der Waals surface area contributed by atoms with Gasteiger partial charge in [0.1, 0.15) is 5.69 Å². The van der Waals surface area contributed by atoms with Crippen LogP contribution in [-0.4, -0.2) is 0 Å². The molecule has 1 aliphatic heterocycles. The van der Waals surface area contributed by atoms with Crippen molar-refractivity contribution in [1.82, 2.24) is 0 Å². The van der Waals surface area contributed by atoms with E-state index in [0.29, 0.717) is 0 Å². The Kier molecular flexibility index (Phi) is 5.57. The number of anilines is 3. The van der Waals surface area contributed by atoms with Crippen molar-refractivity contribution in [1.29, 1.82) is 0 Å². The number of nitrogens with zero attached hydrogens (tertiary/aromatic N) is 1. The second-order valence-electron chi connectivity index (χ2n) is 12.8. The van der Waals surface area contributed by atoms with Gasteiger partial charge >= 0.3 is 0 Å². The highest BCUT2D eigenvalue weighted by atomic mass is 32.1. The van der Waals surface area contributed by atoms with Gasteiger partial charge in [-0.05, 0) is 85.2 Å². The Balaban J connectivity index is 1.12. The maximum Gasteiger partial charge on any atom is 0.160 e. The van der Waals surface area contributed by atoms with Crippen LogP contribution in [0, 0.1) is 0 Å². The summed E-state index contributed by atoms with van der Waals surface area (Å²) in [6, 6.07) is 59.3. The van der Waals surface area contributed by atoms with Gasteiger partial charge in [-0.2, -0.15) is 0 Å². The van der Waals surface area contributed by atoms with Crippen molar-refractivity contribution in [2.75, 3.05) is 4.90 Å². The second kappa shape index (κ2) is 10.2. The van der Waals surface area contributed by atoms with Crippen LogP contribution < -0.4 is 9.64 Å². The number of hydrogen-bond acceptors (Lipinski definition) is 3. The molecule has 0 aliphatic carbocycles. The standard InChI is InChI=1S/C46H27NOS/c1-2-13-33-31(11-1)32-12-3-4-14-34(32)39-27-29(23-26-35(33)39)28-21-24-30(25-22-28)47-40-18-8-9-19-41(40)48-45-37-16-6-5-15-36(37)43-38-17-7-10-20-42(38)49-46(43)44(45)47/h1-27H. The third-order valence-electron chi connectivity index (χ3n) is 10.2. The first-order valence-corrected chi connectivity index (χ1v) is 17.5. The Hall–Kier alpha value is -6.16. The Morgan fingerprint density at radius 1 is 0.429 bits per heavy atom. The molecule has 0 bridgehead atoms. The summed E-state index contributed by atoms with van der Waals surface area (Å²) in [6.07, 6.45) is 0. The fourth-order valence-corrected chi connectivity index (χ4v) is 9.28. The van der Waals surface area contributed by atoms with Gasteiger partial charge < -0.3 is 9.64 Å². The number of fused-ring (bicyclic) bond motifs is 15. The lowest BCUT2D eigenvalue weighted by molar-refractivity contribution is 0.483. The summed E-state index contributed by atoms with van der Waals surface area (Å²) >= 11 is 1.85. The molecule has 0 unspecified atom stereocenters. The van der Waals surface area contributed by atoms with Gasteiger partial charge in [0.15, 0.2) is 11.5 Å². The summed E-state index contributed by atoms with van der Waals surface area (Å²) in [5, 5.41) is 12.7. The minimum absolute atomic E-state index is 0.860. The molecule has 0 N–H and O–H groups in total. The van der Waals surface area contributed by atoms with Crippen LogP contribution in [0.2, 0.25) is 0 Å². The highest BCUT2D eigenvalue weighted by Crippen LogP contribution is 2.58. The Morgan fingerprint density at radius 2 is 0.980 bits per heavy atom. The van der Waals surface area contributed by atoms with Gasteiger partial charge in [0.25, 0.3) is 0 Å². The summed E-state index contributed by atoms with van der Waals surface area (Å²) in [7, 11) is 0. The molecule has 228 valence electrons. The molecule has 2 nitrogen and oxygen atoms in total. The molecule has 3 heteroatoms. The zero-order valence-electron chi connectivity index (χ0n) is 26.4. The Bertz CT molecular complexity index is 2940.